The first-order valence-electron chi connectivity index (χ1n) is 19.2. The molecular formula is C40H48ClF4IN8O5. The summed E-state index contributed by atoms with van der Waals surface area (Å²) in [6.07, 6.45) is 6.97. The van der Waals surface area contributed by atoms with Gasteiger partial charge in [0, 0.05) is 74.5 Å². The second kappa shape index (κ2) is 19.3. The Morgan fingerprint density at radius 1 is 1.02 bits per heavy atom. The Morgan fingerprint density at radius 3 is 2.44 bits per heavy atom. The van der Waals surface area contributed by atoms with Gasteiger partial charge < -0.3 is 58.8 Å². The van der Waals surface area contributed by atoms with E-state index in [1.165, 1.54) is 29.1 Å². The Kier molecular flexibility index (Phi) is 14.9. The Hall–Kier alpha value is -4.43. The average Bonchev–Trinajstić information content (AvgIpc) is 3.81. The monoisotopic (exact) mass is 958 g/mol. The lowest BCUT2D eigenvalue weighted by Crippen LogP contribution is -3.00. The fourth-order valence-electron chi connectivity index (χ4n) is 7.51. The van der Waals surface area contributed by atoms with Crippen molar-refractivity contribution in [2.24, 2.45) is 11.8 Å². The average molecular weight is 959 g/mol. The minimum atomic E-state index is -3.32. The van der Waals surface area contributed by atoms with E-state index < -0.39 is 29.6 Å². The molecule has 1 unspecified atom stereocenters. The number of anilines is 2. The number of likely N-dealkylation sites (tertiary alicyclic amines) is 2. The fourth-order valence-corrected chi connectivity index (χ4v) is 7.78. The first kappa shape index (κ1) is 45.7. The van der Waals surface area contributed by atoms with Crippen LogP contribution in [0.4, 0.5) is 33.9 Å². The molecule has 0 bridgehead atoms. The number of nitrogens with one attached hydrogen (secondary N) is 3. The number of rotatable bonds is 13. The Labute approximate surface area is 361 Å². The summed E-state index contributed by atoms with van der Waals surface area (Å²) in [7, 11) is 2.23. The molecule has 320 valence electrons. The van der Waals surface area contributed by atoms with E-state index in [0.717, 1.165) is 55.5 Å². The molecule has 2 aromatic heterocycles. The second-order valence-corrected chi connectivity index (χ2v) is 16.5. The van der Waals surface area contributed by atoms with Crippen molar-refractivity contribution in [2.45, 2.75) is 58.7 Å². The Balaban J connectivity index is 0.00000661. The summed E-state index contributed by atoms with van der Waals surface area (Å²) >= 11 is 6.49. The predicted octanol–water partition coefficient (Wildman–Crippen LogP) is 4.03. The van der Waals surface area contributed by atoms with Gasteiger partial charge in [-0.2, -0.15) is 13.2 Å². The maximum absolute atomic E-state index is 14.9. The fraction of sp³-hybridized carbons (Fsp3) is 0.475. The predicted molar refractivity (Wildman–Crippen MR) is 209 cm³/mol. The summed E-state index contributed by atoms with van der Waals surface area (Å²) in [5.41, 5.74) is 0.323. The van der Waals surface area contributed by atoms with Gasteiger partial charge in [-0.1, -0.05) is 11.6 Å². The largest absolute Gasteiger partial charge is 1.00 e. The molecule has 2 fully saturated rings. The smallest absolute Gasteiger partial charge is 0.410 e. The number of halogens is 6. The molecule has 3 N–H and O–H groups in total. The quantitative estimate of drug-likeness (QED) is 0.0792. The number of aromatic nitrogens is 3. The summed E-state index contributed by atoms with van der Waals surface area (Å²) < 4.78 is 66.4. The highest BCUT2D eigenvalue weighted by Crippen LogP contribution is 2.33. The van der Waals surface area contributed by atoms with Crippen LogP contribution in [-0.4, -0.2) is 107 Å². The molecule has 13 nitrogen and oxygen atoms in total. The molecule has 6 rings (SSSR count). The first-order chi connectivity index (χ1) is 27.5. The van der Waals surface area contributed by atoms with Crippen molar-refractivity contribution in [2.75, 3.05) is 58.2 Å². The molecular weight excluding hydrogens is 911 g/mol. The van der Waals surface area contributed by atoms with Gasteiger partial charge in [0.25, 0.3) is 5.91 Å². The molecule has 0 radical (unpaired) electrons. The van der Waals surface area contributed by atoms with E-state index in [2.05, 4.69) is 37.7 Å². The zero-order valence-electron chi connectivity index (χ0n) is 33.2. The van der Waals surface area contributed by atoms with Crippen LogP contribution in [0.25, 0.3) is 16.9 Å². The van der Waals surface area contributed by atoms with Crippen LogP contribution in [0.2, 0.25) is 5.02 Å². The van der Waals surface area contributed by atoms with Crippen LogP contribution in [0.15, 0.2) is 48.9 Å². The van der Waals surface area contributed by atoms with E-state index in [1.807, 2.05) is 20.8 Å². The molecule has 0 aliphatic carbocycles. The number of alkyl halides is 2. The van der Waals surface area contributed by atoms with E-state index in [-0.39, 0.29) is 81.1 Å². The van der Waals surface area contributed by atoms with Crippen LogP contribution < -0.4 is 44.7 Å². The van der Waals surface area contributed by atoms with Crippen molar-refractivity contribution >= 4 is 46.7 Å². The number of quaternary nitrogens is 1. The number of fused-ring (bicyclic) bond motifs is 1. The maximum atomic E-state index is 14.9. The highest BCUT2D eigenvalue weighted by Gasteiger charge is 2.38. The topological polar surface area (TPSA) is 139 Å². The van der Waals surface area contributed by atoms with Gasteiger partial charge in [-0.05, 0) is 63.9 Å². The van der Waals surface area contributed by atoms with Crippen LogP contribution in [-0.2, 0) is 9.53 Å². The number of amides is 3. The molecule has 4 heterocycles. The van der Waals surface area contributed by atoms with E-state index in [9.17, 15) is 31.9 Å². The third kappa shape index (κ3) is 11.4. The van der Waals surface area contributed by atoms with E-state index in [1.54, 1.807) is 17.0 Å². The summed E-state index contributed by atoms with van der Waals surface area (Å²) in [6.45, 7) is 7.18. The number of hydrogen-bond acceptors (Lipinski definition) is 8. The van der Waals surface area contributed by atoms with Crippen LogP contribution in [0, 0.1) is 23.5 Å². The standard InChI is InChI=1S/C40H47ClF4N8O5.HI/c1-40(2,3)58-39(56)51-16-10-24(22-51)23-53(4)18-11-25(12-19-53)36(54)47-13-5-14-48-37(55)27-7-6-26(20-29(27)41)50-34-35-49-21-30(52(35)17-15-46-34)28-8-9-31(57-38(44)45)33(43)32(28)42;/h6-9,15,17,20-21,24-25,38H,5,10-14,16,18-19,22-23H2,1-4H3,(H2-,46,47,48,50,54,55);1H. The van der Waals surface area contributed by atoms with Crippen molar-refractivity contribution in [1.29, 1.82) is 0 Å². The zero-order valence-corrected chi connectivity index (χ0v) is 36.1. The third-order valence-corrected chi connectivity index (χ3v) is 10.7. The van der Waals surface area contributed by atoms with Gasteiger partial charge >= 0.3 is 12.7 Å². The van der Waals surface area contributed by atoms with Crippen LogP contribution in [0.1, 0.15) is 56.8 Å². The number of carbonyl (C=O) groups excluding carboxylic acids is 3. The zero-order chi connectivity index (χ0) is 41.8. The van der Waals surface area contributed by atoms with E-state index >= 15 is 0 Å². The SMILES string of the molecule is CC(C)(C)OC(=O)N1CCC(C[N+]2(C)CCC(C(=O)NCCCNC(=O)c3ccc(Nc4nccn5c(-c6ccc(OC(F)F)c(F)c6F)cnc45)cc3Cl)CC2)C1.[I-]. The molecule has 2 aromatic carbocycles. The van der Waals surface area contributed by atoms with Crippen molar-refractivity contribution < 1.29 is 69.9 Å². The third-order valence-electron chi connectivity index (χ3n) is 10.4. The van der Waals surface area contributed by atoms with Gasteiger partial charge in [-0.25, -0.2) is 19.2 Å². The molecule has 2 saturated heterocycles. The lowest BCUT2D eigenvalue weighted by atomic mass is 9.93. The number of imidazole rings is 1. The van der Waals surface area contributed by atoms with Crippen LogP contribution >= 0.6 is 11.6 Å². The number of piperidine rings is 1. The van der Waals surface area contributed by atoms with Gasteiger partial charge in [0.1, 0.15) is 5.60 Å². The van der Waals surface area contributed by atoms with Crippen molar-refractivity contribution in [3.8, 4) is 17.0 Å². The summed E-state index contributed by atoms with van der Waals surface area (Å²) in [5, 5.41) is 9.07. The highest BCUT2D eigenvalue weighted by molar-refractivity contribution is 6.34. The number of benzene rings is 2. The van der Waals surface area contributed by atoms with Crippen LogP contribution in [0.5, 0.6) is 5.75 Å². The number of ether oxygens (including phenoxy) is 2. The molecule has 2 aliphatic rings. The van der Waals surface area contributed by atoms with Crippen LogP contribution in [0.3, 0.4) is 0 Å². The van der Waals surface area contributed by atoms with Crippen molar-refractivity contribution in [3.63, 3.8) is 0 Å². The molecule has 1 atom stereocenters. The summed E-state index contributed by atoms with van der Waals surface area (Å²) in [4.78, 5) is 48.8. The highest BCUT2D eigenvalue weighted by atomic mass is 127. The normalized spacial score (nSPS) is 19.3. The lowest BCUT2D eigenvalue weighted by Gasteiger charge is -2.41. The number of carbonyl (C=O) groups is 3. The number of hydrogen-bond donors (Lipinski definition) is 3. The van der Waals surface area contributed by atoms with Crippen molar-refractivity contribution in [3.05, 3.63) is 71.1 Å². The van der Waals surface area contributed by atoms with Crippen molar-refractivity contribution in [1.82, 2.24) is 29.9 Å². The lowest BCUT2D eigenvalue weighted by molar-refractivity contribution is -0.917. The van der Waals surface area contributed by atoms with Gasteiger partial charge in [0.2, 0.25) is 11.7 Å². The molecule has 19 heteroatoms. The minimum absolute atomic E-state index is 0. The second-order valence-electron chi connectivity index (χ2n) is 16.1. The molecule has 2 aliphatic heterocycles. The Morgan fingerprint density at radius 2 is 1.75 bits per heavy atom. The molecule has 59 heavy (non-hydrogen) atoms. The molecule has 0 saturated carbocycles. The summed E-state index contributed by atoms with van der Waals surface area (Å²) in [6, 6.07) is 6.71. The van der Waals surface area contributed by atoms with E-state index in [0.29, 0.717) is 44.2 Å². The minimum Gasteiger partial charge on any atom is -1.00 e. The molecule has 4 aromatic rings. The van der Waals surface area contributed by atoms with Gasteiger partial charge in [-0.15, -0.1) is 0 Å². The summed E-state index contributed by atoms with van der Waals surface area (Å²) in [5.74, 6) is -3.65. The van der Waals surface area contributed by atoms with Gasteiger partial charge in [-0.3, -0.25) is 14.0 Å². The number of nitrogens with zero attached hydrogens (tertiary/aromatic N) is 5. The maximum Gasteiger partial charge on any atom is 0.410 e. The first-order valence-corrected chi connectivity index (χ1v) is 19.6. The van der Waals surface area contributed by atoms with E-state index in [4.69, 9.17) is 16.3 Å². The van der Waals surface area contributed by atoms with Gasteiger partial charge in [0.05, 0.1) is 49.2 Å². The molecule has 0 spiro atoms. The van der Waals surface area contributed by atoms with Gasteiger partial charge in [0.15, 0.2) is 23.0 Å². The Bertz CT molecular complexity index is 2150. The molecule has 3 amide bonds.